The molecule has 174 valence electrons. The molecule has 0 aliphatic heterocycles. The molecular formula is C30H26ClN3O. The number of nitrogens with zero attached hydrogens (tertiary/aromatic N) is 2. The minimum atomic E-state index is 0.0145. The van der Waals surface area contributed by atoms with Crippen molar-refractivity contribution in [1.29, 1.82) is 0 Å². The van der Waals surface area contributed by atoms with E-state index in [2.05, 4.69) is 53.2 Å². The number of aryl methyl sites for hydroxylation is 2. The Kier molecular flexibility index (Phi) is 6.64. The molecule has 0 saturated heterocycles. The summed E-state index contributed by atoms with van der Waals surface area (Å²) < 4.78 is 2.12. The number of imidazole rings is 1. The predicted molar refractivity (Wildman–Crippen MR) is 142 cm³/mol. The number of halogens is 1. The third kappa shape index (κ3) is 5.28. The van der Waals surface area contributed by atoms with E-state index in [-0.39, 0.29) is 5.91 Å². The van der Waals surface area contributed by atoms with Crippen molar-refractivity contribution in [3.63, 3.8) is 0 Å². The summed E-state index contributed by atoms with van der Waals surface area (Å²) in [5, 5.41) is 3.72. The summed E-state index contributed by atoms with van der Waals surface area (Å²) in [5.74, 6) is 0.0145. The quantitative estimate of drug-likeness (QED) is 0.276. The molecule has 2 aromatic heterocycles. The van der Waals surface area contributed by atoms with Gasteiger partial charge >= 0.3 is 0 Å². The fraction of sp³-hybridized carbons (Fsp3) is 0.133. The molecule has 0 aliphatic rings. The highest BCUT2D eigenvalue weighted by Gasteiger charge is 2.16. The van der Waals surface area contributed by atoms with Crippen LogP contribution >= 0.6 is 11.6 Å². The maximum absolute atomic E-state index is 12.7. The van der Waals surface area contributed by atoms with Gasteiger partial charge in [0.2, 0.25) is 5.91 Å². The lowest BCUT2D eigenvalue weighted by Gasteiger charge is -2.09. The van der Waals surface area contributed by atoms with Crippen LogP contribution < -0.4 is 5.32 Å². The van der Waals surface area contributed by atoms with E-state index in [1.54, 1.807) is 0 Å². The van der Waals surface area contributed by atoms with Crippen molar-refractivity contribution in [1.82, 2.24) is 14.7 Å². The molecule has 1 N–H and O–H groups in total. The Morgan fingerprint density at radius 2 is 1.66 bits per heavy atom. The maximum atomic E-state index is 12.7. The second-order valence-electron chi connectivity index (χ2n) is 8.69. The molecule has 0 radical (unpaired) electrons. The number of amides is 1. The predicted octanol–water partition coefficient (Wildman–Crippen LogP) is 6.88. The molecule has 1 amide bonds. The highest BCUT2D eigenvalue weighted by molar-refractivity contribution is 6.30. The van der Waals surface area contributed by atoms with Crippen molar-refractivity contribution in [2.45, 2.75) is 26.3 Å². The SMILES string of the molecule is Cc1cccc(-c2ccc3nc(-c4ccc(Cl)cc4)c(CCC(=O)NCc4ccccc4)n3c2)c1. The fourth-order valence-electron chi connectivity index (χ4n) is 4.28. The van der Waals surface area contributed by atoms with Gasteiger partial charge in [0, 0.05) is 29.7 Å². The maximum Gasteiger partial charge on any atom is 0.220 e. The second-order valence-corrected chi connectivity index (χ2v) is 9.13. The minimum Gasteiger partial charge on any atom is -0.352 e. The van der Waals surface area contributed by atoms with E-state index in [9.17, 15) is 4.79 Å². The third-order valence-electron chi connectivity index (χ3n) is 6.11. The van der Waals surface area contributed by atoms with Gasteiger partial charge in [-0.05, 0) is 54.3 Å². The van der Waals surface area contributed by atoms with E-state index in [1.165, 1.54) is 5.56 Å². The van der Waals surface area contributed by atoms with E-state index in [1.807, 2.05) is 60.7 Å². The molecule has 5 aromatic rings. The smallest absolute Gasteiger partial charge is 0.220 e. The van der Waals surface area contributed by atoms with Gasteiger partial charge in [0.1, 0.15) is 5.65 Å². The normalized spacial score (nSPS) is 11.0. The van der Waals surface area contributed by atoms with E-state index in [0.29, 0.717) is 24.4 Å². The van der Waals surface area contributed by atoms with Crippen LogP contribution in [0.15, 0.2) is 97.2 Å². The number of hydrogen-bond acceptors (Lipinski definition) is 2. The Labute approximate surface area is 210 Å². The van der Waals surface area contributed by atoms with Crippen LogP contribution in [0.3, 0.4) is 0 Å². The molecule has 0 atom stereocenters. The van der Waals surface area contributed by atoms with Crippen LogP contribution in [0.4, 0.5) is 0 Å². The number of carbonyl (C=O) groups is 1. The summed E-state index contributed by atoms with van der Waals surface area (Å²) in [7, 11) is 0. The average molecular weight is 480 g/mol. The summed E-state index contributed by atoms with van der Waals surface area (Å²) >= 11 is 6.13. The van der Waals surface area contributed by atoms with Crippen molar-refractivity contribution < 1.29 is 4.79 Å². The van der Waals surface area contributed by atoms with Gasteiger partial charge in [-0.2, -0.15) is 0 Å². The largest absolute Gasteiger partial charge is 0.352 e. The zero-order chi connectivity index (χ0) is 24.2. The lowest BCUT2D eigenvalue weighted by Crippen LogP contribution is -2.23. The Bertz CT molecular complexity index is 1470. The first-order valence-corrected chi connectivity index (χ1v) is 12.1. The lowest BCUT2D eigenvalue weighted by molar-refractivity contribution is -0.121. The molecule has 4 nitrogen and oxygen atoms in total. The number of rotatable bonds is 7. The number of pyridine rings is 1. The van der Waals surface area contributed by atoms with Crippen molar-refractivity contribution in [2.75, 3.05) is 0 Å². The van der Waals surface area contributed by atoms with Crippen LogP contribution in [0.1, 0.15) is 23.2 Å². The molecule has 3 aromatic carbocycles. The van der Waals surface area contributed by atoms with Crippen molar-refractivity contribution >= 4 is 23.2 Å². The first kappa shape index (κ1) is 22.9. The van der Waals surface area contributed by atoms with Gasteiger partial charge in [-0.1, -0.05) is 83.9 Å². The molecule has 0 spiro atoms. The number of carbonyl (C=O) groups excluding carboxylic acids is 1. The monoisotopic (exact) mass is 479 g/mol. The minimum absolute atomic E-state index is 0.0145. The van der Waals surface area contributed by atoms with Gasteiger partial charge in [-0.15, -0.1) is 0 Å². The Morgan fingerprint density at radius 3 is 2.43 bits per heavy atom. The van der Waals surface area contributed by atoms with E-state index in [0.717, 1.165) is 39.3 Å². The van der Waals surface area contributed by atoms with Gasteiger partial charge in [0.05, 0.1) is 11.4 Å². The standard InChI is InChI=1S/C30H26ClN3O/c1-21-6-5-9-24(18-21)25-12-16-28-33-30(23-10-13-26(31)14-11-23)27(34(28)20-25)15-17-29(35)32-19-22-7-3-2-4-8-22/h2-14,16,18,20H,15,17,19H2,1H3,(H,32,35). The summed E-state index contributed by atoms with van der Waals surface area (Å²) in [4.78, 5) is 17.6. The molecular weight excluding hydrogens is 454 g/mol. The van der Waals surface area contributed by atoms with Crippen molar-refractivity contribution in [2.24, 2.45) is 0 Å². The van der Waals surface area contributed by atoms with Crippen LogP contribution in [0.5, 0.6) is 0 Å². The van der Waals surface area contributed by atoms with Gasteiger partial charge in [-0.25, -0.2) is 4.98 Å². The number of nitrogens with one attached hydrogen (secondary N) is 1. The molecule has 35 heavy (non-hydrogen) atoms. The van der Waals surface area contributed by atoms with Crippen LogP contribution in [-0.2, 0) is 17.8 Å². The molecule has 0 aliphatic carbocycles. The summed E-state index contributed by atoms with van der Waals surface area (Å²) in [6.45, 7) is 2.62. The fourth-order valence-corrected chi connectivity index (χ4v) is 4.41. The number of benzene rings is 3. The van der Waals surface area contributed by atoms with E-state index >= 15 is 0 Å². The van der Waals surface area contributed by atoms with Crippen LogP contribution in [0, 0.1) is 6.92 Å². The summed E-state index contributed by atoms with van der Waals surface area (Å²) in [6, 6.07) is 30.2. The number of fused-ring (bicyclic) bond motifs is 1. The Morgan fingerprint density at radius 1 is 0.886 bits per heavy atom. The molecule has 5 rings (SSSR count). The lowest BCUT2D eigenvalue weighted by atomic mass is 10.0. The summed E-state index contributed by atoms with van der Waals surface area (Å²) in [6.07, 6.45) is 3.06. The zero-order valence-corrected chi connectivity index (χ0v) is 20.3. The Hall–Kier alpha value is -3.89. The number of aromatic nitrogens is 2. The zero-order valence-electron chi connectivity index (χ0n) is 19.5. The molecule has 0 saturated carbocycles. The molecule has 0 bridgehead atoms. The molecule has 0 fully saturated rings. The average Bonchev–Trinajstić information content (AvgIpc) is 3.25. The van der Waals surface area contributed by atoms with Gasteiger partial charge < -0.3 is 9.72 Å². The summed E-state index contributed by atoms with van der Waals surface area (Å²) in [5.41, 5.74) is 8.27. The van der Waals surface area contributed by atoms with Crippen LogP contribution in [-0.4, -0.2) is 15.3 Å². The van der Waals surface area contributed by atoms with E-state index in [4.69, 9.17) is 16.6 Å². The third-order valence-corrected chi connectivity index (χ3v) is 6.36. The van der Waals surface area contributed by atoms with Gasteiger partial charge in [-0.3, -0.25) is 4.79 Å². The first-order chi connectivity index (χ1) is 17.1. The van der Waals surface area contributed by atoms with Gasteiger partial charge in [0.15, 0.2) is 0 Å². The second kappa shape index (κ2) is 10.2. The number of hydrogen-bond donors (Lipinski definition) is 1. The van der Waals surface area contributed by atoms with E-state index < -0.39 is 0 Å². The highest BCUT2D eigenvalue weighted by Crippen LogP contribution is 2.29. The molecule has 5 heteroatoms. The Balaban J connectivity index is 1.47. The topological polar surface area (TPSA) is 46.4 Å². The first-order valence-electron chi connectivity index (χ1n) is 11.7. The van der Waals surface area contributed by atoms with Crippen LogP contribution in [0.2, 0.25) is 5.02 Å². The highest BCUT2D eigenvalue weighted by atomic mass is 35.5. The van der Waals surface area contributed by atoms with Crippen molar-refractivity contribution in [3.05, 3.63) is 119 Å². The molecule has 2 heterocycles. The van der Waals surface area contributed by atoms with Gasteiger partial charge in [0.25, 0.3) is 0 Å². The van der Waals surface area contributed by atoms with Crippen molar-refractivity contribution in [3.8, 4) is 22.4 Å². The molecule has 0 unspecified atom stereocenters. The van der Waals surface area contributed by atoms with Crippen LogP contribution in [0.25, 0.3) is 28.0 Å².